The van der Waals surface area contributed by atoms with Gasteiger partial charge in [0, 0.05) is 21.2 Å². The van der Waals surface area contributed by atoms with E-state index in [1.54, 1.807) is 45.0 Å². The molecule has 6 aromatic rings. The van der Waals surface area contributed by atoms with Gasteiger partial charge in [0.25, 0.3) is 0 Å². The third-order valence-corrected chi connectivity index (χ3v) is 13.0. The molecular formula is C34H30N12O2S4. The number of carbonyl (C=O) groups excluding carboxylic acids is 2. The molecule has 2 amide bonds. The van der Waals surface area contributed by atoms with Crippen molar-refractivity contribution in [2.45, 2.75) is 33.4 Å². The highest BCUT2D eigenvalue weighted by Gasteiger charge is 2.60. The highest BCUT2D eigenvalue weighted by Crippen LogP contribution is 2.64. The molecule has 4 aromatic carbocycles. The maximum Gasteiger partial charge on any atom is 0.243 e. The number of nitrogens with one attached hydrogen (secondary N) is 4. The van der Waals surface area contributed by atoms with Gasteiger partial charge in [-0.2, -0.15) is 10.4 Å². The fourth-order valence-corrected chi connectivity index (χ4v) is 10.0. The summed E-state index contributed by atoms with van der Waals surface area (Å²) in [5, 5.41) is 26.9. The number of H-pyrrole nitrogens is 2. The molecule has 0 fully saturated rings. The molecule has 4 heterocycles. The van der Waals surface area contributed by atoms with E-state index in [-0.39, 0.29) is 34.4 Å². The lowest BCUT2D eigenvalue weighted by Gasteiger charge is -2.51. The standard InChI is InChI=1S/C34H30N12O2S4/c1-33(43(25-13-3-5-15-27(25)51-33)19-29(47)35-21-9-7-11-23(17-21)45-31(49)37-39-41-45)34(2)44(26-14-4-6-16-28(26)52-34)20-30(48)36-22-10-8-12-24(18-22)46-32(50)38-40-42-46/h3-18H,19-20H2,1-2H3,(H,35,47)(H,36,48)(H,37,41,49)(H,38,42,50). The normalized spacial score (nSPS) is 19.0. The summed E-state index contributed by atoms with van der Waals surface area (Å²) < 4.78 is 3.66. The molecule has 18 heteroatoms. The van der Waals surface area contributed by atoms with Crippen molar-refractivity contribution in [3.05, 3.63) is 107 Å². The molecule has 4 N–H and O–H groups in total. The van der Waals surface area contributed by atoms with Crippen LogP contribution in [0.15, 0.2) is 107 Å². The lowest BCUT2D eigenvalue weighted by molar-refractivity contribution is -0.116. The van der Waals surface area contributed by atoms with Crippen molar-refractivity contribution in [3.63, 3.8) is 0 Å². The summed E-state index contributed by atoms with van der Waals surface area (Å²) >= 11 is 13.9. The van der Waals surface area contributed by atoms with Crippen LogP contribution in [0, 0.1) is 9.54 Å². The van der Waals surface area contributed by atoms with Crippen LogP contribution in [0.2, 0.25) is 0 Å². The van der Waals surface area contributed by atoms with E-state index in [2.05, 4.69) is 77.5 Å². The summed E-state index contributed by atoms with van der Waals surface area (Å²) in [6, 6.07) is 30.8. The number of thioether (sulfide) groups is 2. The van der Waals surface area contributed by atoms with Crippen LogP contribution < -0.4 is 20.4 Å². The van der Waals surface area contributed by atoms with E-state index in [1.807, 2.05) is 72.8 Å². The van der Waals surface area contributed by atoms with Crippen molar-refractivity contribution in [2.75, 3.05) is 33.5 Å². The van der Waals surface area contributed by atoms with Crippen LogP contribution in [0.5, 0.6) is 0 Å². The molecule has 52 heavy (non-hydrogen) atoms. The molecule has 8 rings (SSSR count). The molecule has 0 saturated carbocycles. The zero-order chi connectivity index (χ0) is 36.0. The summed E-state index contributed by atoms with van der Waals surface area (Å²) in [6.07, 6.45) is 0. The topological polar surface area (TPSA) is 158 Å². The van der Waals surface area contributed by atoms with Gasteiger partial charge in [-0.15, -0.1) is 0 Å². The molecule has 0 spiro atoms. The van der Waals surface area contributed by atoms with E-state index in [0.29, 0.717) is 22.7 Å². The maximum absolute atomic E-state index is 13.9. The zero-order valence-corrected chi connectivity index (χ0v) is 30.9. The number of hydrogen-bond donors (Lipinski definition) is 4. The second kappa shape index (κ2) is 13.4. The summed E-state index contributed by atoms with van der Waals surface area (Å²) in [6.45, 7) is 4.40. The summed E-state index contributed by atoms with van der Waals surface area (Å²) in [4.78, 5) is 32.8. The van der Waals surface area contributed by atoms with Crippen molar-refractivity contribution < 1.29 is 9.59 Å². The van der Waals surface area contributed by atoms with E-state index in [4.69, 9.17) is 24.4 Å². The quantitative estimate of drug-likeness (QED) is 0.124. The number of tetrazole rings is 2. The van der Waals surface area contributed by atoms with Crippen molar-refractivity contribution in [1.29, 1.82) is 0 Å². The number of aromatic nitrogens is 8. The van der Waals surface area contributed by atoms with Gasteiger partial charge >= 0.3 is 0 Å². The molecule has 0 radical (unpaired) electrons. The van der Waals surface area contributed by atoms with Gasteiger partial charge < -0.3 is 20.4 Å². The van der Waals surface area contributed by atoms with E-state index in [9.17, 15) is 9.59 Å². The summed E-state index contributed by atoms with van der Waals surface area (Å²) in [7, 11) is 0. The number of nitrogens with zero attached hydrogens (tertiary/aromatic N) is 8. The van der Waals surface area contributed by atoms with Gasteiger partial charge in [0.2, 0.25) is 21.4 Å². The third-order valence-electron chi connectivity index (χ3n) is 9.14. The second-order valence-corrected chi connectivity index (χ2v) is 15.9. The largest absolute Gasteiger partial charge is 0.343 e. The minimum absolute atomic E-state index is 0.0556. The lowest BCUT2D eigenvalue weighted by Crippen LogP contribution is -2.64. The van der Waals surface area contributed by atoms with Crippen molar-refractivity contribution in [1.82, 2.24) is 40.4 Å². The van der Waals surface area contributed by atoms with Gasteiger partial charge in [0.1, 0.15) is 9.74 Å². The van der Waals surface area contributed by atoms with E-state index < -0.39 is 9.74 Å². The van der Waals surface area contributed by atoms with Crippen LogP contribution in [-0.2, 0) is 9.59 Å². The molecule has 2 aliphatic heterocycles. The maximum atomic E-state index is 13.9. The molecule has 0 aliphatic carbocycles. The van der Waals surface area contributed by atoms with Crippen LogP contribution in [0.4, 0.5) is 22.7 Å². The van der Waals surface area contributed by atoms with E-state index in [1.165, 1.54) is 0 Å². The van der Waals surface area contributed by atoms with Crippen molar-refractivity contribution in [3.8, 4) is 11.4 Å². The van der Waals surface area contributed by atoms with Crippen LogP contribution >= 0.6 is 48.0 Å². The number of para-hydroxylation sites is 2. The first kappa shape index (κ1) is 33.8. The number of hydrogen-bond acceptors (Lipinski definition) is 12. The molecular weight excluding hydrogens is 737 g/mol. The molecule has 2 aliphatic rings. The van der Waals surface area contributed by atoms with Gasteiger partial charge in [0.15, 0.2) is 0 Å². The van der Waals surface area contributed by atoms with E-state index >= 15 is 0 Å². The smallest absolute Gasteiger partial charge is 0.243 e. The van der Waals surface area contributed by atoms with Gasteiger partial charge in [-0.25, -0.2) is 9.36 Å². The highest BCUT2D eigenvalue weighted by molar-refractivity contribution is 8.05. The number of anilines is 4. The van der Waals surface area contributed by atoms with Gasteiger partial charge in [0.05, 0.1) is 35.8 Å². The minimum Gasteiger partial charge on any atom is -0.343 e. The van der Waals surface area contributed by atoms with Gasteiger partial charge in [-0.1, -0.05) is 80.5 Å². The Morgan fingerprint density at radius 1 is 0.654 bits per heavy atom. The Kier molecular flexibility index (Phi) is 8.68. The first-order valence-electron chi connectivity index (χ1n) is 16.1. The van der Waals surface area contributed by atoms with Crippen LogP contribution in [0.3, 0.4) is 0 Å². The van der Waals surface area contributed by atoms with Crippen LogP contribution in [-0.4, -0.2) is 75.1 Å². The van der Waals surface area contributed by atoms with Crippen LogP contribution in [0.1, 0.15) is 13.8 Å². The number of rotatable bonds is 9. The van der Waals surface area contributed by atoms with E-state index in [0.717, 1.165) is 21.2 Å². The number of carbonyl (C=O) groups is 2. The Morgan fingerprint density at radius 2 is 1.08 bits per heavy atom. The Bertz CT molecular complexity index is 2290. The highest BCUT2D eigenvalue weighted by atomic mass is 32.2. The van der Waals surface area contributed by atoms with Crippen LogP contribution in [0.25, 0.3) is 11.4 Å². The average Bonchev–Trinajstić information content (AvgIpc) is 3.90. The lowest BCUT2D eigenvalue weighted by atomic mass is 10.0. The molecule has 2 aromatic heterocycles. The van der Waals surface area contributed by atoms with Gasteiger partial charge in [-0.05, 0) is 98.9 Å². The third kappa shape index (κ3) is 5.96. The van der Waals surface area contributed by atoms with Crippen molar-refractivity contribution in [2.24, 2.45) is 0 Å². The number of benzene rings is 4. The molecule has 0 saturated heterocycles. The summed E-state index contributed by atoms with van der Waals surface area (Å²) in [5.74, 6) is -0.402. The van der Waals surface area contributed by atoms with Gasteiger partial charge in [-0.3, -0.25) is 9.59 Å². The zero-order valence-electron chi connectivity index (χ0n) is 27.7. The number of amides is 2. The molecule has 262 valence electrons. The first-order valence-corrected chi connectivity index (χ1v) is 18.5. The molecule has 2 unspecified atom stereocenters. The Morgan fingerprint density at radius 3 is 1.48 bits per heavy atom. The fraction of sp³-hybridized carbons (Fsp3) is 0.176. The predicted octanol–water partition coefficient (Wildman–Crippen LogP) is 6.20. The number of aromatic amines is 2. The average molecular weight is 767 g/mol. The molecule has 14 nitrogen and oxygen atoms in total. The monoisotopic (exact) mass is 766 g/mol. The Hall–Kier alpha value is -5.30. The first-order chi connectivity index (χ1) is 25.1. The number of fused-ring (bicyclic) bond motifs is 2. The second-order valence-electron chi connectivity index (χ2n) is 12.3. The van der Waals surface area contributed by atoms with Crippen molar-refractivity contribution >= 4 is 82.5 Å². The summed E-state index contributed by atoms with van der Waals surface area (Å²) in [5.41, 5.74) is 4.47. The molecule has 0 bridgehead atoms. The fourth-order valence-electron chi connectivity index (χ4n) is 6.56. The Labute approximate surface area is 315 Å². The Balaban J connectivity index is 1.09. The molecule has 2 atom stereocenters. The minimum atomic E-state index is -0.724. The predicted molar refractivity (Wildman–Crippen MR) is 206 cm³/mol. The SMILES string of the molecule is CC1(C2(C)Sc3ccccc3N2CC(=O)Nc2cccc(-n3[nH]nnc3=S)c2)Sc2ccccc2N1CC(=O)Nc1cccc(-n2[nH]nnc2=S)c1.